The lowest BCUT2D eigenvalue weighted by Gasteiger charge is -2.17. The Labute approximate surface area is 164 Å². The van der Waals surface area contributed by atoms with Crippen molar-refractivity contribution in [3.05, 3.63) is 59.8 Å². The van der Waals surface area contributed by atoms with Crippen LogP contribution >= 0.6 is 0 Å². The Morgan fingerprint density at radius 2 is 1.64 bits per heavy atom. The fraction of sp³-hybridized carbons (Fsp3) is 0.304. The zero-order valence-electron chi connectivity index (χ0n) is 16.9. The van der Waals surface area contributed by atoms with Gasteiger partial charge in [0, 0.05) is 34.2 Å². The molecule has 146 valence electrons. The standard InChI is InChI=1S/C23H25NO4/c1-23(2,3)21(25)14-24-13-19(18-10-9-17(28-5)12-20(18)24)22(26)15-7-6-8-16(11-15)27-4/h6-13H,14H2,1-5H3. The molecule has 0 aliphatic rings. The van der Waals surface area contributed by atoms with E-state index in [0.29, 0.717) is 22.6 Å². The molecule has 0 aliphatic heterocycles. The lowest BCUT2D eigenvalue weighted by Crippen LogP contribution is -2.24. The van der Waals surface area contributed by atoms with Crippen molar-refractivity contribution in [3.63, 3.8) is 0 Å². The van der Waals surface area contributed by atoms with E-state index in [1.807, 2.05) is 43.5 Å². The second-order valence-corrected chi connectivity index (χ2v) is 7.79. The van der Waals surface area contributed by atoms with Gasteiger partial charge in [-0.2, -0.15) is 0 Å². The summed E-state index contributed by atoms with van der Waals surface area (Å²) in [5.41, 5.74) is 1.42. The van der Waals surface area contributed by atoms with Crippen LogP contribution in [0, 0.1) is 5.41 Å². The van der Waals surface area contributed by atoms with E-state index in [-0.39, 0.29) is 18.1 Å². The van der Waals surface area contributed by atoms with Crippen molar-refractivity contribution in [2.75, 3.05) is 14.2 Å². The van der Waals surface area contributed by atoms with Crippen LogP contribution in [0.5, 0.6) is 11.5 Å². The Kier molecular flexibility index (Phi) is 5.27. The molecular formula is C23H25NO4. The first-order chi connectivity index (χ1) is 13.2. The van der Waals surface area contributed by atoms with E-state index in [1.54, 1.807) is 44.7 Å². The Morgan fingerprint density at radius 1 is 0.964 bits per heavy atom. The van der Waals surface area contributed by atoms with Crippen molar-refractivity contribution in [1.82, 2.24) is 4.57 Å². The molecule has 0 aliphatic carbocycles. The first-order valence-corrected chi connectivity index (χ1v) is 9.13. The van der Waals surface area contributed by atoms with Crippen LogP contribution in [-0.4, -0.2) is 30.4 Å². The predicted molar refractivity (Wildman–Crippen MR) is 109 cm³/mol. The second-order valence-electron chi connectivity index (χ2n) is 7.79. The zero-order valence-corrected chi connectivity index (χ0v) is 16.9. The molecular weight excluding hydrogens is 354 g/mol. The molecule has 0 atom stereocenters. The van der Waals surface area contributed by atoms with Gasteiger partial charge >= 0.3 is 0 Å². The summed E-state index contributed by atoms with van der Waals surface area (Å²) in [6.45, 7) is 5.87. The van der Waals surface area contributed by atoms with Crippen molar-refractivity contribution in [2.45, 2.75) is 27.3 Å². The van der Waals surface area contributed by atoms with E-state index < -0.39 is 5.41 Å². The lowest BCUT2D eigenvalue weighted by molar-refractivity contribution is -0.126. The fourth-order valence-electron chi connectivity index (χ4n) is 3.02. The molecule has 2 aromatic carbocycles. The predicted octanol–water partition coefficient (Wildman–Crippen LogP) is 4.50. The number of hydrogen-bond acceptors (Lipinski definition) is 4. The second kappa shape index (κ2) is 7.50. The van der Waals surface area contributed by atoms with Gasteiger partial charge in [-0.05, 0) is 24.3 Å². The van der Waals surface area contributed by atoms with Gasteiger partial charge in [-0.15, -0.1) is 0 Å². The van der Waals surface area contributed by atoms with Crippen molar-refractivity contribution in [2.24, 2.45) is 5.41 Å². The van der Waals surface area contributed by atoms with Crippen LogP contribution in [0.4, 0.5) is 0 Å². The number of fused-ring (bicyclic) bond motifs is 1. The van der Waals surface area contributed by atoms with E-state index in [1.165, 1.54) is 0 Å². The van der Waals surface area contributed by atoms with Crippen LogP contribution in [0.25, 0.3) is 10.9 Å². The summed E-state index contributed by atoms with van der Waals surface area (Å²) in [5.74, 6) is 1.28. The topological polar surface area (TPSA) is 57.5 Å². The molecule has 0 saturated carbocycles. The van der Waals surface area contributed by atoms with E-state index in [0.717, 1.165) is 10.9 Å². The molecule has 0 spiro atoms. The molecule has 5 nitrogen and oxygen atoms in total. The summed E-state index contributed by atoms with van der Waals surface area (Å²) >= 11 is 0. The first-order valence-electron chi connectivity index (χ1n) is 9.13. The smallest absolute Gasteiger partial charge is 0.195 e. The van der Waals surface area contributed by atoms with Gasteiger partial charge in [-0.3, -0.25) is 9.59 Å². The van der Waals surface area contributed by atoms with E-state index in [4.69, 9.17) is 9.47 Å². The maximum absolute atomic E-state index is 13.2. The van der Waals surface area contributed by atoms with Crippen LogP contribution in [0.15, 0.2) is 48.7 Å². The molecule has 3 aromatic rings. The third-order valence-corrected chi connectivity index (χ3v) is 4.82. The number of rotatable bonds is 6. The summed E-state index contributed by atoms with van der Waals surface area (Å²) in [6.07, 6.45) is 1.76. The minimum Gasteiger partial charge on any atom is -0.497 e. The van der Waals surface area contributed by atoms with Gasteiger partial charge in [0.05, 0.1) is 26.3 Å². The summed E-state index contributed by atoms with van der Waals surface area (Å²) in [4.78, 5) is 25.8. The molecule has 3 rings (SSSR count). The molecule has 0 unspecified atom stereocenters. The molecule has 0 bridgehead atoms. The molecule has 0 N–H and O–H groups in total. The number of aromatic nitrogens is 1. The van der Waals surface area contributed by atoms with Crippen molar-refractivity contribution in [3.8, 4) is 11.5 Å². The van der Waals surface area contributed by atoms with Gasteiger partial charge in [0.25, 0.3) is 0 Å². The zero-order chi connectivity index (χ0) is 20.5. The average Bonchev–Trinajstić information content (AvgIpc) is 3.04. The maximum atomic E-state index is 13.2. The monoisotopic (exact) mass is 379 g/mol. The highest BCUT2D eigenvalue weighted by atomic mass is 16.5. The summed E-state index contributed by atoms with van der Waals surface area (Å²) in [7, 11) is 3.16. The highest BCUT2D eigenvalue weighted by molar-refractivity contribution is 6.16. The Morgan fingerprint density at radius 3 is 2.29 bits per heavy atom. The molecule has 0 saturated heterocycles. The Balaban J connectivity index is 2.12. The quantitative estimate of drug-likeness (QED) is 0.592. The number of hydrogen-bond donors (Lipinski definition) is 0. The summed E-state index contributed by atoms with van der Waals surface area (Å²) < 4.78 is 12.4. The van der Waals surface area contributed by atoms with Crippen molar-refractivity contribution < 1.29 is 19.1 Å². The van der Waals surface area contributed by atoms with Gasteiger partial charge in [0.2, 0.25) is 0 Å². The average molecular weight is 379 g/mol. The largest absolute Gasteiger partial charge is 0.497 e. The molecule has 28 heavy (non-hydrogen) atoms. The first kappa shape index (κ1) is 19.7. The number of benzene rings is 2. The maximum Gasteiger partial charge on any atom is 0.195 e. The van der Waals surface area contributed by atoms with Crippen molar-refractivity contribution in [1.29, 1.82) is 0 Å². The van der Waals surface area contributed by atoms with Gasteiger partial charge in [-0.1, -0.05) is 32.9 Å². The number of carbonyl (C=O) groups excluding carboxylic acids is 2. The SMILES string of the molecule is COc1cccc(C(=O)c2cn(CC(=O)C(C)(C)C)c3cc(OC)ccc23)c1. The summed E-state index contributed by atoms with van der Waals surface area (Å²) in [5, 5.41) is 0.787. The molecule has 0 fully saturated rings. The molecule has 1 aromatic heterocycles. The highest BCUT2D eigenvalue weighted by Crippen LogP contribution is 2.29. The molecule has 0 radical (unpaired) electrons. The molecule has 0 amide bonds. The number of Topliss-reactive ketones (excluding diaryl/α,β-unsaturated/α-hetero) is 1. The number of ketones is 2. The molecule has 1 heterocycles. The third kappa shape index (κ3) is 3.79. The fourth-order valence-corrected chi connectivity index (χ4v) is 3.02. The number of nitrogens with zero attached hydrogens (tertiary/aromatic N) is 1. The van der Waals surface area contributed by atoms with Crippen LogP contribution in [-0.2, 0) is 11.3 Å². The number of methoxy groups -OCH3 is 2. The lowest BCUT2D eigenvalue weighted by atomic mass is 9.91. The van der Waals surface area contributed by atoms with Crippen LogP contribution in [0.2, 0.25) is 0 Å². The van der Waals surface area contributed by atoms with Crippen molar-refractivity contribution >= 4 is 22.5 Å². The minimum atomic E-state index is -0.466. The summed E-state index contributed by atoms with van der Waals surface area (Å²) in [6, 6.07) is 12.6. The van der Waals surface area contributed by atoms with Gasteiger partial charge in [0.15, 0.2) is 11.6 Å². The van der Waals surface area contributed by atoms with E-state index >= 15 is 0 Å². The van der Waals surface area contributed by atoms with E-state index in [9.17, 15) is 9.59 Å². The molecule has 5 heteroatoms. The van der Waals surface area contributed by atoms with Gasteiger partial charge in [0.1, 0.15) is 11.5 Å². The Hall–Kier alpha value is -3.08. The van der Waals surface area contributed by atoms with Gasteiger partial charge < -0.3 is 14.0 Å². The normalized spacial score (nSPS) is 11.5. The van der Waals surface area contributed by atoms with Crippen LogP contribution in [0.3, 0.4) is 0 Å². The van der Waals surface area contributed by atoms with E-state index in [2.05, 4.69) is 0 Å². The minimum absolute atomic E-state index is 0.0904. The number of ether oxygens (including phenoxy) is 2. The van der Waals surface area contributed by atoms with Crippen LogP contribution in [0.1, 0.15) is 36.7 Å². The highest BCUT2D eigenvalue weighted by Gasteiger charge is 2.24. The van der Waals surface area contributed by atoms with Gasteiger partial charge in [-0.25, -0.2) is 0 Å². The third-order valence-electron chi connectivity index (χ3n) is 4.82. The van der Waals surface area contributed by atoms with Crippen LogP contribution < -0.4 is 9.47 Å². The number of carbonyl (C=O) groups is 2. The Bertz CT molecular complexity index is 1040.